The molecule has 1 rings (SSSR count). The van der Waals surface area contributed by atoms with Gasteiger partial charge in [0.1, 0.15) is 6.17 Å². The van der Waals surface area contributed by atoms with Crippen molar-refractivity contribution in [2.45, 2.75) is 12.6 Å². The molecule has 0 aromatic heterocycles. The molecule has 0 fully saturated rings. The number of alkyl halides is 1. The normalized spacial score (nSPS) is 12.9. The van der Waals surface area contributed by atoms with Crippen LogP contribution >= 0.6 is 23.2 Å². The second kappa shape index (κ2) is 4.80. The van der Waals surface area contributed by atoms with E-state index >= 15 is 0 Å². The van der Waals surface area contributed by atoms with E-state index in [0.717, 1.165) is 5.56 Å². The fourth-order valence-electron chi connectivity index (χ4n) is 1.01. The molecule has 0 aliphatic carbocycles. The largest absolute Gasteiger partial charge is 0.328 e. The van der Waals surface area contributed by atoms with Crippen LogP contribution in [0.1, 0.15) is 5.56 Å². The fourth-order valence-corrected chi connectivity index (χ4v) is 1.33. The predicted molar refractivity (Wildman–Crippen MR) is 54.1 cm³/mol. The molecule has 0 radical (unpaired) electrons. The van der Waals surface area contributed by atoms with Crippen molar-refractivity contribution in [3.63, 3.8) is 0 Å². The van der Waals surface area contributed by atoms with Crippen LogP contribution in [0.5, 0.6) is 0 Å². The van der Waals surface area contributed by atoms with Crippen LogP contribution in [0.3, 0.4) is 0 Å². The van der Waals surface area contributed by atoms with Crippen LogP contribution < -0.4 is 5.73 Å². The molecule has 13 heavy (non-hydrogen) atoms. The van der Waals surface area contributed by atoms with Crippen LogP contribution in [-0.2, 0) is 6.42 Å². The standard InChI is InChI=1S/C9H10Cl2FN/c10-8-2-1-6(4-9(8)11)3-7(12)5-13/h1-2,4,7H,3,5,13H2. The van der Waals surface area contributed by atoms with E-state index in [1.807, 2.05) is 0 Å². The Kier molecular flexibility index (Phi) is 3.97. The van der Waals surface area contributed by atoms with E-state index in [4.69, 9.17) is 28.9 Å². The molecule has 1 aromatic rings. The van der Waals surface area contributed by atoms with Crippen LogP contribution in [0.4, 0.5) is 4.39 Å². The molecule has 0 saturated carbocycles. The number of nitrogens with two attached hydrogens (primary N) is 1. The van der Waals surface area contributed by atoms with E-state index in [-0.39, 0.29) is 13.0 Å². The SMILES string of the molecule is NCC(F)Cc1ccc(Cl)c(Cl)c1. The third kappa shape index (κ3) is 3.14. The Bertz CT molecular complexity index is 291. The zero-order valence-electron chi connectivity index (χ0n) is 6.93. The number of rotatable bonds is 3. The van der Waals surface area contributed by atoms with E-state index in [2.05, 4.69) is 0 Å². The van der Waals surface area contributed by atoms with E-state index in [9.17, 15) is 4.39 Å². The van der Waals surface area contributed by atoms with Gasteiger partial charge in [0.25, 0.3) is 0 Å². The molecule has 1 aromatic carbocycles. The third-order valence-corrected chi connectivity index (χ3v) is 2.44. The second-order valence-corrected chi connectivity index (χ2v) is 3.60. The maximum Gasteiger partial charge on any atom is 0.116 e. The number of hydrogen-bond acceptors (Lipinski definition) is 1. The lowest BCUT2D eigenvalue weighted by molar-refractivity contribution is 0.340. The minimum atomic E-state index is -1.02. The molecular weight excluding hydrogens is 212 g/mol. The van der Waals surface area contributed by atoms with E-state index < -0.39 is 6.17 Å². The first-order valence-corrected chi connectivity index (χ1v) is 4.67. The average Bonchev–Trinajstić information content (AvgIpc) is 2.11. The van der Waals surface area contributed by atoms with Crippen LogP contribution in [-0.4, -0.2) is 12.7 Å². The van der Waals surface area contributed by atoms with Crippen molar-refractivity contribution in [3.05, 3.63) is 33.8 Å². The molecule has 0 amide bonds. The highest BCUT2D eigenvalue weighted by Gasteiger charge is 2.06. The zero-order chi connectivity index (χ0) is 9.84. The highest BCUT2D eigenvalue weighted by molar-refractivity contribution is 6.42. The van der Waals surface area contributed by atoms with Gasteiger partial charge in [-0.3, -0.25) is 0 Å². The van der Waals surface area contributed by atoms with Gasteiger partial charge in [-0.15, -0.1) is 0 Å². The van der Waals surface area contributed by atoms with Crippen molar-refractivity contribution >= 4 is 23.2 Å². The van der Waals surface area contributed by atoms with E-state index in [0.29, 0.717) is 10.0 Å². The summed E-state index contributed by atoms with van der Waals surface area (Å²) >= 11 is 11.5. The third-order valence-electron chi connectivity index (χ3n) is 1.70. The lowest BCUT2D eigenvalue weighted by Crippen LogP contribution is -2.17. The summed E-state index contributed by atoms with van der Waals surface area (Å²) in [7, 11) is 0. The minimum absolute atomic E-state index is 0.0280. The molecule has 0 aliphatic heterocycles. The first-order valence-electron chi connectivity index (χ1n) is 3.91. The Morgan fingerprint density at radius 3 is 2.54 bits per heavy atom. The van der Waals surface area contributed by atoms with Crippen molar-refractivity contribution < 1.29 is 4.39 Å². The fraction of sp³-hybridized carbons (Fsp3) is 0.333. The van der Waals surface area contributed by atoms with E-state index in [1.165, 1.54) is 0 Å². The maximum atomic E-state index is 12.8. The van der Waals surface area contributed by atoms with Gasteiger partial charge in [0.2, 0.25) is 0 Å². The van der Waals surface area contributed by atoms with Gasteiger partial charge in [-0.05, 0) is 17.7 Å². The molecule has 2 N–H and O–H groups in total. The van der Waals surface area contributed by atoms with Crippen LogP contribution in [0, 0.1) is 0 Å². The van der Waals surface area contributed by atoms with Crippen LogP contribution in [0.2, 0.25) is 10.0 Å². The van der Waals surface area contributed by atoms with Gasteiger partial charge in [0.05, 0.1) is 10.0 Å². The molecule has 0 aliphatic rings. The van der Waals surface area contributed by atoms with Gasteiger partial charge >= 0.3 is 0 Å². The van der Waals surface area contributed by atoms with E-state index in [1.54, 1.807) is 18.2 Å². The maximum absolute atomic E-state index is 12.8. The lowest BCUT2D eigenvalue weighted by Gasteiger charge is -2.05. The zero-order valence-corrected chi connectivity index (χ0v) is 8.45. The molecule has 1 atom stereocenters. The molecule has 0 saturated heterocycles. The Labute approximate surface area is 86.6 Å². The highest BCUT2D eigenvalue weighted by atomic mass is 35.5. The Morgan fingerprint density at radius 2 is 2.00 bits per heavy atom. The van der Waals surface area contributed by atoms with Crippen molar-refractivity contribution in [1.29, 1.82) is 0 Å². The lowest BCUT2D eigenvalue weighted by atomic mass is 10.1. The summed E-state index contributed by atoms with van der Waals surface area (Å²) < 4.78 is 12.8. The van der Waals surface area contributed by atoms with Gasteiger partial charge in [0.15, 0.2) is 0 Å². The summed E-state index contributed by atoms with van der Waals surface area (Å²) in [5.74, 6) is 0. The van der Waals surface area contributed by atoms with Crippen LogP contribution in [0.15, 0.2) is 18.2 Å². The molecular formula is C9H10Cl2FN. The quantitative estimate of drug-likeness (QED) is 0.835. The molecule has 4 heteroatoms. The summed E-state index contributed by atoms with van der Waals surface area (Å²) in [5.41, 5.74) is 5.97. The molecule has 0 spiro atoms. The predicted octanol–water partition coefficient (Wildman–Crippen LogP) is 2.83. The monoisotopic (exact) mass is 221 g/mol. The minimum Gasteiger partial charge on any atom is -0.328 e. The Hall–Kier alpha value is -0.310. The molecule has 1 nitrogen and oxygen atoms in total. The van der Waals surface area contributed by atoms with Gasteiger partial charge < -0.3 is 5.73 Å². The number of hydrogen-bond donors (Lipinski definition) is 1. The average molecular weight is 222 g/mol. The second-order valence-electron chi connectivity index (χ2n) is 2.79. The first kappa shape index (κ1) is 10.8. The Morgan fingerprint density at radius 1 is 1.31 bits per heavy atom. The van der Waals surface area contributed by atoms with Crippen LogP contribution in [0.25, 0.3) is 0 Å². The smallest absolute Gasteiger partial charge is 0.116 e. The summed E-state index contributed by atoms with van der Waals surface area (Å²) in [6.07, 6.45) is -0.731. The molecule has 0 heterocycles. The summed E-state index contributed by atoms with van der Waals surface area (Å²) in [6.45, 7) is 0.0280. The topological polar surface area (TPSA) is 26.0 Å². The van der Waals surface area contributed by atoms with Gasteiger partial charge in [-0.2, -0.15) is 0 Å². The number of halogens is 3. The van der Waals surface area contributed by atoms with Crippen molar-refractivity contribution in [2.75, 3.05) is 6.54 Å². The van der Waals surface area contributed by atoms with Gasteiger partial charge in [-0.1, -0.05) is 29.3 Å². The molecule has 1 unspecified atom stereocenters. The van der Waals surface area contributed by atoms with Crippen molar-refractivity contribution in [1.82, 2.24) is 0 Å². The highest BCUT2D eigenvalue weighted by Crippen LogP contribution is 2.23. The summed E-state index contributed by atoms with van der Waals surface area (Å²) in [5, 5.41) is 0.928. The van der Waals surface area contributed by atoms with Gasteiger partial charge in [0, 0.05) is 13.0 Å². The molecule has 0 bridgehead atoms. The first-order chi connectivity index (χ1) is 6.13. The van der Waals surface area contributed by atoms with Crippen molar-refractivity contribution in [2.24, 2.45) is 5.73 Å². The number of benzene rings is 1. The van der Waals surface area contributed by atoms with Gasteiger partial charge in [-0.25, -0.2) is 4.39 Å². The Balaban J connectivity index is 2.73. The summed E-state index contributed by atoms with van der Waals surface area (Å²) in [6, 6.07) is 5.06. The van der Waals surface area contributed by atoms with Crippen molar-refractivity contribution in [3.8, 4) is 0 Å². The summed E-state index contributed by atoms with van der Waals surface area (Å²) in [4.78, 5) is 0. The molecule has 72 valence electrons.